The van der Waals surface area contributed by atoms with Gasteiger partial charge < -0.3 is 19.7 Å². The molecule has 43 heavy (non-hydrogen) atoms. The van der Waals surface area contributed by atoms with Crippen LogP contribution in [-0.4, -0.2) is 50.5 Å². The van der Waals surface area contributed by atoms with Crippen molar-refractivity contribution in [3.8, 4) is 33.8 Å². The maximum Gasteiger partial charge on any atom is 0.307 e. The molecule has 2 N–H and O–H groups in total. The van der Waals surface area contributed by atoms with Gasteiger partial charge in [-0.3, -0.25) is 9.10 Å². The van der Waals surface area contributed by atoms with Crippen LogP contribution in [0.15, 0.2) is 54.5 Å². The fourth-order valence-electron chi connectivity index (χ4n) is 5.00. The summed E-state index contributed by atoms with van der Waals surface area (Å²) in [4.78, 5) is 12.0. The number of anilines is 1. The minimum Gasteiger partial charge on any atom is -0.486 e. The Balaban J connectivity index is 0.000000642. The topological polar surface area (TPSA) is 113 Å². The Kier molecular flexibility index (Phi) is 11.6. The van der Waals surface area contributed by atoms with Crippen molar-refractivity contribution < 1.29 is 32.9 Å². The number of aliphatic hydroxyl groups is 1. The molecule has 0 bridgehead atoms. The van der Waals surface area contributed by atoms with Crippen LogP contribution in [0.1, 0.15) is 56.9 Å². The molecule has 0 aromatic heterocycles. The summed E-state index contributed by atoms with van der Waals surface area (Å²) in [5, 5.41) is 18.2. The Hall–Kier alpha value is -3.82. The van der Waals surface area contributed by atoms with E-state index in [4.69, 9.17) is 14.6 Å². The van der Waals surface area contributed by atoms with Gasteiger partial charge in [0.1, 0.15) is 13.2 Å². The van der Waals surface area contributed by atoms with Gasteiger partial charge in [-0.1, -0.05) is 43.7 Å². The van der Waals surface area contributed by atoms with Crippen LogP contribution >= 0.6 is 0 Å². The number of nitrogens with zero attached hydrogens (tertiary/aromatic N) is 1. The van der Waals surface area contributed by atoms with Crippen molar-refractivity contribution in [3.05, 3.63) is 71.8 Å². The quantitative estimate of drug-likeness (QED) is 0.304. The van der Waals surface area contributed by atoms with Crippen LogP contribution in [0.2, 0.25) is 0 Å². The standard InChI is InChI=1S/C26H25NO6S.C4H10O.C2H6.C2H4/c1-14-5-7-17(8-6-14)24-16(3)25-19-11-20-21(33-10-9-32-20)13-22(19)34(30,31)27(4)26(25)15(2)18(24)12-23(28)29;1-4(2,3)5;2*1-2/h5-8,11,13H,9-10,12H2,1-4H3,(H,28,29);5H,1-3H3;1-2H3;1-2H2. The van der Waals surface area contributed by atoms with Crippen LogP contribution in [0.25, 0.3) is 22.3 Å². The van der Waals surface area contributed by atoms with Crippen LogP contribution in [0.5, 0.6) is 11.5 Å². The highest BCUT2D eigenvalue weighted by molar-refractivity contribution is 7.93. The summed E-state index contributed by atoms with van der Waals surface area (Å²) in [7, 11) is -2.37. The average molecular weight is 612 g/mol. The lowest BCUT2D eigenvalue weighted by Crippen LogP contribution is -2.32. The molecule has 5 rings (SSSR count). The molecule has 0 fully saturated rings. The molecule has 9 heteroatoms. The van der Waals surface area contributed by atoms with E-state index in [9.17, 15) is 18.3 Å². The van der Waals surface area contributed by atoms with Gasteiger partial charge in [-0.15, -0.1) is 13.2 Å². The van der Waals surface area contributed by atoms with E-state index < -0.39 is 21.6 Å². The molecule has 3 aromatic rings. The normalized spacial score (nSPS) is 13.9. The number of benzene rings is 3. The number of carbonyl (C=O) groups is 1. The Bertz CT molecular complexity index is 1560. The zero-order chi connectivity index (χ0) is 32.9. The van der Waals surface area contributed by atoms with E-state index in [1.165, 1.54) is 17.4 Å². The number of carboxylic acid groups (broad SMARTS) is 1. The summed E-state index contributed by atoms with van der Waals surface area (Å²) in [6.07, 6.45) is -0.217. The summed E-state index contributed by atoms with van der Waals surface area (Å²) in [6.45, 7) is 21.7. The van der Waals surface area contributed by atoms with Crippen molar-refractivity contribution in [2.24, 2.45) is 0 Å². The Labute approximate surface area is 256 Å². The Morgan fingerprint density at radius 2 is 1.42 bits per heavy atom. The molecule has 0 aliphatic carbocycles. The van der Waals surface area contributed by atoms with E-state index in [1.54, 1.807) is 33.8 Å². The number of aryl methyl sites for hydroxylation is 1. The maximum absolute atomic E-state index is 13.6. The number of hydrogen-bond donors (Lipinski definition) is 2. The summed E-state index contributed by atoms with van der Waals surface area (Å²) in [6, 6.07) is 11.2. The van der Waals surface area contributed by atoms with Crippen molar-refractivity contribution >= 4 is 21.7 Å². The van der Waals surface area contributed by atoms with Gasteiger partial charge in [-0.05, 0) is 75.4 Å². The second-order valence-electron chi connectivity index (χ2n) is 10.9. The van der Waals surface area contributed by atoms with Crippen LogP contribution in [-0.2, 0) is 21.2 Å². The first-order valence-corrected chi connectivity index (χ1v) is 15.7. The maximum atomic E-state index is 13.6. The highest BCUT2D eigenvalue weighted by Crippen LogP contribution is 2.52. The SMILES string of the molecule is C=C.CC.CC(C)(C)O.Cc1ccc(-c2c(C)c3c(c(C)c2CC(=O)O)N(C)S(=O)(=O)c2cc4c(cc2-3)OCCO4)cc1. The van der Waals surface area contributed by atoms with E-state index >= 15 is 0 Å². The first-order chi connectivity index (χ1) is 20.1. The van der Waals surface area contributed by atoms with Gasteiger partial charge in [-0.2, -0.15) is 0 Å². The predicted molar refractivity (Wildman–Crippen MR) is 174 cm³/mol. The molecule has 0 radical (unpaired) electrons. The molecule has 2 heterocycles. The third-order valence-electron chi connectivity index (χ3n) is 6.63. The van der Waals surface area contributed by atoms with Crippen molar-refractivity contribution in [2.75, 3.05) is 24.6 Å². The van der Waals surface area contributed by atoms with Crippen LogP contribution < -0.4 is 13.8 Å². The summed E-state index contributed by atoms with van der Waals surface area (Å²) in [5.41, 5.74) is 6.14. The number of fused-ring (bicyclic) bond motifs is 4. The number of hydrogen-bond acceptors (Lipinski definition) is 6. The van der Waals surface area contributed by atoms with Crippen molar-refractivity contribution in [3.63, 3.8) is 0 Å². The van der Waals surface area contributed by atoms with Crippen LogP contribution in [0.4, 0.5) is 5.69 Å². The first kappa shape index (κ1) is 35.4. The predicted octanol–water partition coefficient (Wildman–Crippen LogP) is 7.09. The highest BCUT2D eigenvalue weighted by Gasteiger charge is 2.38. The van der Waals surface area contributed by atoms with E-state index in [0.29, 0.717) is 47.1 Å². The molecule has 0 saturated heterocycles. The molecule has 8 nitrogen and oxygen atoms in total. The van der Waals surface area contributed by atoms with Crippen LogP contribution in [0.3, 0.4) is 0 Å². The van der Waals surface area contributed by atoms with Gasteiger partial charge in [0.15, 0.2) is 11.5 Å². The van der Waals surface area contributed by atoms with Crippen LogP contribution in [0, 0.1) is 20.8 Å². The van der Waals surface area contributed by atoms with Crippen molar-refractivity contribution in [1.82, 2.24) is 0 Å². The smallest absolute Gasteiger partial charge is 0.307 e. The largest absolute Gasteiger partial charge is 0.486 e. The number of sulfonamides is 1. The zero-order valence-electron chi connectivity index (χ0n) is 26.8. The minimum absolute atomic E-state index is 0.148. The summed E-state index contributed by atoms with van der Waals surface area (Å²) >= 11 is 0. The molecule has 0 spiro atoms. The number of carboxylic acids is 1. The lowest BCUT2D eigenvalue weighted by atomic mass is 9.83. The van der Waals surface area contributed by atoms with E-state index in [1.807, 2.05) is 52.0 Å². The van der Waals surface area contributed by atoms with Gasteiger partial charge in [-0.25, -0.2) is 8.42 Å². The van der Waals surface area contributed by atoms with Gasteiger partial charge in [0.05, 0.1) is 22.6 Å². The van der Waals surface area contributed by atoms with Gasteiger partial charge in [0.2, 0.25) is 0 Å². The van der Waals surface area contributed by atoms with E-state index in [0.717, 1.165) is 27.8 Å². The summed E-state index contributed by atoms with van der Waals surface area (Å²) in [5.74, 6) is -0.0718. The molecule has 0 unspecified atom stereocenters. The highest BCUT2D eigenvalue weighted by atomic mass is 32.2. The molecule has 0 atom stereocenters. The summed E-state index contributed by atoms with van der Waals surface area (Å²) < 4.78 is 39.8. The molecular formula is C34H45NO7S. The second kappa shape index (κ2) is 14.1. The lowest BCUT2D eigenvalue weighted by Gasteiger charge is -2.35. The number of aliphatic carboxylic acids is 1. The van der Waals surface area contributed by atoms with E-state index in [2.05, 4.69) is 13.2 Å². The second-order valence-corrected chi connectivity index (χ2v) is 12.8. The third kappa shape index (κ3) is 7.58. The molecule has 0 saturated carbocycles. The first-order valence-electron chi connectivity index (χ1n) is 14.2. The fourth-order valence-corrected chi connectivity index (χ4v) is 6.46. The number of ether oxygens (including phenoxy) is 2. The monoisotopic (exact) mass is 611 g/mol. The molecule has 2 aliphatic heterocycles. The number of rotatable bonds is 3. The Morgan fingerprint density at radius 1 is 0.930 bits per heavy atom. The zero-order valence-corrected chi connectivity index (χ0v) is 27.6. The van der Waals surface area contributed by atoms with Gasteiger partial charge in [0, 0.05) is 24.2 Å². The van der Waals surface area contributed by atoms with Gasteiger partial charge in [0.25, 0.3) is 10.0 Å². The third-order valence-corrected chi connectivity index (χ3v) is 8.43. The van der Waals surface area contributed by atoms with Gasteiger partial charge >= 0.3 is 5.97 Å². The molecule has 3 aromatic carbocycles. The fraction of sp³-hybridized carbons (Fsp3) is 0.382. The molecular weight excluding hydrogens is 566 g/mol. The van der Waals surface area contributed by atoms with Crippen molar-refractivity contribution in [1.29, 1.82) is 0 Å². The minimum atomic E-state index is -3.88. The van der Waals surface area contributed by atoms with E-state index in [-0.39, 0.29) is 11.3 Å². The lowest BCUT2D eigenvalue weighted by molar-refractivity contribution is -0.136. The van der Waals surface area contributed by atoms with Crippen molar-refractivity contribution in [2.45, 2.75) is 72.3 Å². The average Bonchev–Trinajstić information content (AvgIpc) is 2.95. The molecule has 234 valence electrons. The Morgan fingerprint density at radius 3 is 1.91 bits per heavy atom. The molecule has 2 aliphatic rings. The molecule has 0 amide bonds.